The molecule has 0 saturated carbocycles. The van der Waals surface area contributed by atoms with Crippen LogP contribution in [0.25, 0.3) is 10.9 Å². The molecular formula is C20H19FN2O2. The summed E-state index contributed by atoms with van der Waals surface area (Å²) in [6, 6.07) is 14.4. The van der Waals surface area contributed by atoms with Crippen molar-refractivity contribution in [1.29, 1.82) is 0 Å². The Balaban J connectivity index is 1.41. The fourth-order valence-electron chi connectivity index (χ4n) is 3.44. The van der Waals surface area contributed by atoms with Crippen LogP contribution in [0.5, 0.6) is 0 Å². The standard InChI is InChI=1S/C20H19FN2O2/c21-14-6-8-18-16(10-14)17-11-15(7-9-19(17)23-18)22-20(24)25-12-13-4-2-1-3-5-13/h1-6,8,10,15,23H,7,9,11-12H2,(H,22,24). The number of aromatic amines is 1. The lowest BCUT2D eigenvalue weighted by Crippen LogP contribution is -2.39. The van der Waals surface area contributed by atoms with Crippen LogP contribution in [-0.4, -0.2) is 17.1 Å². The number of ether oxygens (including phenoxy) is 1. The summed E-state index contributed by atoms with van der Waals surface area (Å²) in [4.78, 5) is 15.4. The van der Waals surface area contributed by atoms with Gasteiger partial charge in [0.25, 0.3) is 0 Å². The summed E-state index contributed by atoms with van der Waals surface area (Å²) in [7, 11) is 0. The van der Waals surface area contributed by atoms with Gasteiger partial charge in [0.05, 0.1) is 0 Å². The maximum atomic E-state index is 13.5. The molecule has 0 fully saturated rings. The number of benzene rings is 2. The molecule has 3 aromatic rings. The van der Waals surface area contributed by atoms with E-state index in [0.717, 1.165) is 40.6 Å². The van der Waals surface area contributed by atoms with Gasteiger partial charge in [0.15, 0.2) is 0 Å². The minimum absolute atomic E-state index is 0.00181. The highest BCUT2D eigenvalue weighted by Crippen LogP contribution is 2.29. The van der Waals surface area contributed by atoms with Gasteiger partial charge in [-0.25, -0.2) is 9.18 Å². The first-order valence-electron chi connectivity index (χ1n) is 8.45. The van der Waals surface area contributed by atoms with Crippen molar-refractivity contribution in [2.45, 2.75) is 31.9 Å². The number of fused-ring (bicyclic) bond motifs is 3. The second-order valence-electron chi connectivity index (χ2n) is 6.42. The number of aryl methyl sites for hydroxylation is 1. The molecule has 1 amide bonds. The molecule has 0 radical (unpaired) electrons. The summed E-state index contributed by atoms with van der Waals surface area (Å²) >= 11 is 0. The molecule has 1 aliphatic carbocycles. The number of carbonyl (C=O) groups excluding carboxylic acids is 1. The van der Waals surface area contributed by atoms with E-state index < -0.39 is 6.09 Å². The number of amides is 1. The first-order chi connectivity index (χ1) is 12.2. The van der Waals surface area contributed by atoms with Gasteiger partial charge >= 0.3 is 6.09 Å². The number of alkyl carbamates (subject to hydrolysis) is 1. The Morgan fingerprint density at radius 2 is 2.08 bits per heavy atom. The van der Waals surface area contributed by atoms with E-state index in [1.54, 1.807) is 12.1 Å². The van der Waals surface area contributed by atoms with Crippen LogP contribution in [0.1, 0.15) is 23.2 Å². The second kappa shape index (κ2) is 6.59. The minimum atomic E-state index is -0.414. The third kappa shape index (κ3) is 3.36. The predicted octanol–water partition coefficient (Wildman–Crippen LogP) is 4.09. The average Bonchev–Trinajstić information content (AvgIpc) is 2.98. The zero-order chi connectivity index (χ0) is 17.2. The molecule has 0 bridgehead atoms. The SMILES string of the molecule is O=C(NC1CCc2[nH]c3ccc(F)cc3c2C1)OCc1ccccc1. The summed E-state index contributed by atoms with van der Waals surface area (Å²) in [5, 5.41) is 3.83. The number of aromatic nitrogens is 1. The lowest BCUT2D eigenvalue weighted by Gasteiger charge is -2.23. The van der Waals surface area contributed by atoms with Gasteiger partial charge in [0, 0.05) is 22.6 Å². The predicted molar refractivity (Wildman–Crippen MR) is 93.8 cm³/mol. The third-order valence-electron chi connectivity index (χ3n) is 4.68. The topological polar surface area (TPSA) is 54.1 Å². The third-order valence-corrected chi connectivity index (χ3v) is 4.68. The molecule has 0 spiro atoms. The van der Waals surface area contributed by atoms with E-state index in [1.807, 2.05) is 30.3 Å². The van der Waals surface area contributed by atoms with Crippen LogP contribution < -0.4 is 5.32 Å². The largest absolute Gasteiger partial charge is 0.445 e. The van der Waals surface area contributed by atoms with Gasteiger partial charge in [0.2, 0.25) is 0 Å². The Morgan fingerprint density at radius 3 is 2.92 bits per heavy atom. The molecule has 25 heavy (non-hydrogen) atoms. The van der Waals surface area contributed by atoms with E-state index in [1.165, 1.54) is 6.07 Å². The van der Waals surface area contributed by atoms with Gasteiger partial charge in [0.1, 0.15) is 12.4 Å². The van der Waals surface area contributed by atoms with E-state index in [9.17, 15) is 9.18 Å². The first-order valence-corrected chi connectivity index (χ1v) is 8.45. The fourth-order valence-corrected chi connectivity index (χ4v) is 3.44. The number of halogens is 1. The van der Waals surface area contributed by atoms with Gasteiger partial charge < -0.3 is 15.0 Å². The van der Waals surface area contributed by atoms with Crippen LogP contribution in [0.15, 0.2) is 48.5 Å². The molecule has 2 aromatic carbocycles. The Labute approximate surface area is 145 Å². The van der Waals surface area contributed by atoms with Crippen molar-refractivity contribution >= 4 is 17.0 Å². The van der Waals surface area contributed by atoms with E-state index in [-0.39, 0.29) is 18.5 Å². The van der Waals surface area contributed by atoms with E-state index in [4.69, 9.17) is 4.74 Å². The van der Waals surface area contributed by atoms with Crippen LogP contribution in [0.2, 0.25) is 0 Å². The molecule has 1 aromatic heterocycles. The van der Waals surface area contributed by atoms with Crippen molar-refractivity contribution in [3.05, 3.63) is 71.2 Å². The maximum Gasteiger partial charge on any atom is 0.407 e. The summed E-state index contributed by atoms with van der Waals surface area (Å²) in [5.74, 6) is -0.244. The molecule has 5 heteroatoms. The van der Waals surface area contributed by atoms with Gasteiger partial charge in [-0.3, -0.25) is 0 Å². The smallest absolute Gasteiger partial charge is 0.407 e. The second-order valence-corrected chi connectivity index (χ2v) is 6.42. The van der Waals surface area contributed by atoms with E-state index >= 15 is 0 Å². The molecule has 0 aliphatic heterocycles. The summed E-state index contributed by atoms with van der Waals surface area (Å²) in [6.45, 7) is 0.253. The molecule has 1 aliphatic rings. The summed E-state index contributed by atoms with van der Waals surface area (Å²) < 4.78 is 18.8. The zero-order valence-electron chi connectivity index (χ0n) is 13.7. The van der Waals surface area contributed by atoms with E-state index in [0.29, 0.717) is 6.42 Å². The Hall–Kier alpha value is -2.82. The molecule has 1 atom stereocenters. The zero-order valence-corrected chi connectivity index (χ0v) is 13.7. The normalized spacial score (nSPS) is 16.4. The Bertz CT molecular complexity index is 905. The number of carbonyl (C=O) groups is 1. The van der Waals surface area contributed by atoms with Gasteiger partial charge in [-0.05, 0) is 48.6 Å². The van der Waals surface area contributed by atoms with Crippen molar-refractivity contribution < 1.29 is 13.9 Å². The number of H-pyrrole nitrogens is 1. The van der Waals surface area contributed by atoms with Crippen molar-refractivity contribution in [2.75, 3.05) is 0 Å². The number of nitrogens with one attached hydrogen (secondary N) is 2. The van der Waals surface area contributed by atoms with E-state index in [2.05, 4.69) is 10.3 Å². The van der Waals surface area contributed by atoms with Crippen molar-refractivity contribution in [3.8, 4) is 0 Å². The summed E-state index contributed by atoms with van der Waals surface area (Å²) in [6.07, 6.45) is 1.93. The Morgan fingerprint density at radius 1 is 1.24 bits per heavy atom. The Kier molecular flexibility index (Phi) is 4.14. The highest BCUT2D eigenvalue weighted by Gasteiger charge is 2.24. The molecule has 4 nitrogen and oxygen atoms in total. The van der Waals surface area contributed by atoms with Gasteiger partial charge in [-0.15, -0.1) is 0 Å². The number of hydrogen-bond acceptors (Lipinski definition) is 2. The fraction of sp³-hybridized carbons (Fsp3) is 0.250. The number of rotatable bonds is 3. The quantitative estimate of drug-likeness (QED) is 0.756. The maximum absolute atomic E-state index is 13.5. The lowest BCUT2D eigenvalue weighted by molar-refractivity contribution is 0.134. The molecule has 2 N–H and O–H groups in total. The molecule has 0 saturated heterocycles. The summed E-state index contributed by atoms with van der Waals surface area (Å²) in [5.41, 5.74) is 4.12. The number of hydrogen-bond donors (Lipinski definition) is 2. The molecule has 1 heterocycles. The first kappa shape index (κ1) is 15.7. The van der Waals surface area contributed by atoms with Crippen molar-refractivity contribution in [3.63, 3.8) is 0 Å². The van der Waals surface area contributed by atoms with Crippen molar-refractivity contribution in [1.82, 2.24) is 10.3 Å². The monoisotopic (exact) mass is 338 g/mol. The van der Waals surface area contributed by atoms with Crippen LogP contribution in [0.3, 0.4) is 0 Å². The van der Waals surface area contributed by atoms with Crippen LogP contribution in [0.4, 0.5) is 9.18 Å². The average molecular weight is 338 g/mol. The van der Waals surface area contributed by atoms with Crippen LogP contribution >= 0.6 is 0 Å². The molecular weight excluding hydrogens is 319 g/mol. The highest BCUT2D eigenvalue weighted by atomic mass is 19.1. The molecule has 4 rings (SSSR count). The lowest BCUT2D eigenvalue weighted by atomic mass is 9.91. The van der Waals surface area contributed by atoms with Crippen molar-refractivity contribution in [2.24, 2.45) is 0 Å². The van der Waals surface area contributed by atoms with Gasteiger partial charge in [-0.2, -0.15) is 0 Å². The molecule has 128 valence electrons. The minimum Gasteiger partial charge on any atom is -0.445 e. The van der Waals surface area contributed by atoms with Crippen LogP contribution in [-0.2, 0) is 24.2 Å². The van der Waals surface area contributed by atoms with Gasteiger partial charge in [-0.1, -0.05) is 30.3 Å². The molecule has 1 unspecified atom stereocenters. The van der Waals surface area contributed by atoms with Crippen LogP contribution in [0, 0.1) is 5.82 Å². The highest BCUT2D eigenvalue weighted by molar-refractivity contribution is 5.85.